The van der Waals surface area contributed by atoms with Crippen LogP contribution >= 0.6 is 11.6 Å². The molecule has 3 aromatic heterocycles. The molecule has 9 heteroatoms. The van der Waals surface area contributed by atoms with Crippen LogP contribution in [0.4, 0.5) is 4.39 Å². The van der Waals surface area contributed by atoms with Crippen molar-refractivity contribution in [1.29, 1.82) is 0 Å². The third kappa shape index (κ3) is 3.65. The van der Waals surface area contributed by atoms with E-state index in [1.807, 2.05) is 10.6 Å². The Kier molecular flexibility index (Phi) is 5.19. The standard InChI is InChI=1S/C23H20ClFN4O3/c1-12(30)9-29-10-18(16-7-26-19(6-20(16)29)17-8-27-28-23(17)24)22(31)14-4-13-5-15(25)2-3-21(13)32-11-14/h2-3,5-8,10,12,14,30H,4,9,11H2,1H3,(H,27,28)/t12-,14?/m1/s1. The number of Topliss-reactive ketones (excluding diaryl/α,β-unsaturated/α-hetero) is 1. The number of carbonyl (C=O) groups is 1. The Morgan fingerprint density at radius 1 is 1.44 bits per heavy atom. The molecule has 7 nitrogen and oxygen atoms in total. The number of nitrogens with one attached hydrogen (secondary N) is 1. The van der Waals surface area contributed by atoms with Crippen molar-refractivity contribution >= 4 is 28.3 Å². The van der Waals surface area contributed by atoms with E-state index >= 15 is 0 Å². The van der Waals surface area contributed by atoms with Crippen LogP contribution in [0.25, 0.3) is 22.2 Å². The van der Waals surface area contributed by atoms with Gasteiger partial charge in [-0.15, -0.1) is 0 Å². The first-order chi connectivity index (χ1) is 15.4. The molecule has 1 aromatic carbocycles. The number of benzene rings is 1. The molecule has 0 saturated heterocycles. The second-order valence-electron chi connectivity index (χ2n) is 8.05. The van der Waals surface area contributed by atoms with E-state index in [2.05, 4.69) is 15.2 Å². The average Bonchev–Trinajstić information content (AvgIpc) is 3.35. The number of aliphatic hydroxyl groups excluding tert-OH is 1. The number of H-pyrrole nitrogens is 1. The number of hydrogen-bond acceptors (Lipinski definition) is 5. The average molecular weight is 455 g/mol. The molecule has 1 aliphatic rings. The highest BCUT2D eigenvalue weighted by atomic mass is 35.5. The van der Waals surface area contributed by atoms with Crippen molar-refractivity contribution in [2.24, 2.45) is 5.92 Å². The van der Waals surface area contributed by atoms with Crippen molar-refractivity contribution in [3.8, 4) is 17.0 Å². The van der Waals surface area contributed by atoms with E-state index in [4.69, 9.17) is 16.3 Å². The normalized spacial score (nSPS) is 16.6. The number of carbonyl (C=O) groups excluding carboxylic acids is 1. The highest BCUT2D eigenvalue weighted by Crippen LogP contribution is 2.33. The van der Waals surface area contributed by atoms with Crippen LogP contribution in [0, 0.1) is 11.7 Å². The summed E-state index contributed by atoms with van der Waals surface area (Å²) < 4.78 is 21.2. The molecule has 164 valence electrons. The largest absolute Gasteiger partial charge is 0.493 e. The molecule has 5 rings (SSSR count). The van der Waals surface area contributed by atoms with Crippen molar-refractivity contribution in [2.45, 2.75) is 26.0 Å². The number of rotatable bonds is 5. The van der Waals surface area contributed by atoms with E-state index in [1.165, 1.54) is 12.1 Å². The van der Waals surface area contributed by atoms with Gasteiger partial charge < -0.3 is 14.4 Å². The molecule has 0 aliphatic carbocycles. The van der Waals surface area contributed by atoms with Gasteiger partial charge in [-0.25, -0.2) is 4.39 Å². The van der Waals surface area contributed by atoms with Crippen LogP contribution in [0.15, 0.2) is 42.9 Å². The lowest BCUT2D eigenvalue weighted by molar-refractivity contribution is 0.0856. The number of aromatic amines is 1. The van der Waals surface area contributed by atoms with Crippen LogP contribution in [-0.4, -0.2) is 43.3 Å². The summed E-state index contributed by atoms with van der Waals surface area (Å²) in [4.78, 5) is 17.9. The summed E-state index contributed by atoms with van der Waals surface area (Å²) >= 11 is 6.14. The van der Waals surface area contributed by atoms with Crippen molar-refractivity contribution in [3.63, 3.8) is 0 Å². The Labute approximate surface area is 187 Å². The molecule has 4 heterocycles. The van der Waals surface area contributed by atoms with E-state index in [0.29, 0.717) is 51.6 Å². The number of hydrogen-bond donors (Lipinski definition) is 2. The van der Waals surface area contributed by atoms with E-state index in [1.54, 1.807) is 31.6 Å². The first-order valence-corrected chi connectivity index (χ1v) is 10.6. The van der Waals surface area contributed by atoms with Crippen LogP contribution in [0.1, 0.15) is 22.8 Å². The van der Waals surface area contributed by atoms with E-state index in [-0.39, 0.29) is 18.2 Å². The van der Waals surface area contributed by atoms with Gasteiger partial charge in [0.15, 0.2) is 10.9 Å². The third-order valence-corrected chi connectivity index (χ3v) is 5.95. The highest BCUT2D eigenvalue weighted by molar-refractivity contribution is 6.32. The molecule has 4 aromatic rings. The second-order valence-corrected chi connectivity index (χ2v) is 8.41. The van der Waals surface area contributed by atoms with Crippen molar-refractivity contribution < 1.29 is 19.0 Å². The van der Waals surface area contributed by atoms with Gasteiger partial charge in [0.2, 0.25) is 0 Å². The predicted octanol–water partition coefficient (Wildman–Crippen LogP) is 4.03. The van der Waals surface area contributed by atoms with Crippen LogP contribution in [-0.2, 0) is 13.0 Å². The van der Waals surface area contributed by atoms with E-state index in [0.717, 1.165) is 5.52 Å². The van der Waals surface area contributed by atoms with Gasteiger partial charge in [-0.1, -0.05) is 11.6 Å². The minimum absolute atomic E-state index is 0.106. The van der Waals surface area contributed by atoms with Crippen molar-refractivity contribution in [1.82, 2.24) is 19.7 Å². The lowest BCUT2D eigenvalue weighted by atomic mass is 9.90. The Bertz CT molecular complexity index is 1330. The van der Waals surface area contributed by atoms with Gasteiger partial charge in [-0.2, -0.15) is 5.10 Å². The first-order valence-electron chi connectivity index (χ1n) is 10.2. The molecular weight excluding hydrogens is 435 g/mol. The van der Waals surface area contributed by atoms with Gasteiger partial charge in [-0.05, 0) is 43.2 Å². The summed E-state index contributed by atoms with van der Waals surface area (Å²) in [6, 6.07) is 6.17. The second kappa shape index (κ2) is 8.03. The number of pyridine rings is 1. The maximum atomic E-state index is 13.7. The first kappa shape index (κ1) is 20.7. The summed E-state index contributed by atoms with van der Waals surface area (Å²) in [5, 5.41) is 17.6. The molecule has 2 atom stereocenters. The van der Waals surface area contributed by atoms with Gasteiger partial charge in [0, 0.05) is 36.1 Å². The fourth-order valence-electron chi connectivity index (χ4n) is 4.17. The molecule has 1 aliphatic heterocycles. The highest BCUT2D eigenvalue weighted by Gasteiger charge is 2.29. The van der Waals surface area contributed by atoms with Gasteiger partial charge in [-0.3, -0.25) is 14.9 Å². The monoisotopic (exact) mass is 454 g/mol. The van der Waals surface area contributed by atoms with Gasteiger partial charge in [0.05, 0.1) is 35.4 Å². The van der Waals surface area contributed by atoms with Gasteiger partial charge in [0.25, 0.3) is 0 Å². The fourth-order valence-corrected chi connectivity index (χ4v) is 4.37. The molecule has 0 spiro atoms. The lowest BCUT2D eigenvalue weighted by Gasteiger charge is -2.24. The Morgan fingerprint density at radius 3 is 3.03 bits per heavy atom. The Balaban J connectivity index is 1.55. The summed E-state index contributed by atoms with van der Waals surface area (Å²) in [6.07, 6.45) is 4.81. The number of fused-ring (bicyclic) bond motifs is 2. The minimum Gasteiger partial charge on any atom is -0.493 e. The summed E-state index contributed by atoms with van der Waals surface area (Å²) in [5.41, 5.74) is 3.17. The predicted molar refractivity (Wildman–Crippen MR) is 117 cm³/mol. The summed E-state index contributed by atoms with van der Waals surface area (Å²) in [7, 11) is 0. The van der Waals surface area contributed by atoms with Crippen molar-refractivity contribution in [2.75, 3.05) is 6.61 Å². The van der Waals surface area contributed by atoms with E-state index in [9.17, 15) is 14.3 Å². The number of aliphatic hydroxyl groups is 1. The molecule has 0 amide bonds. The Hall–Kier alpha value is -3.23. The number of ether oxygens (including phenoxy) is 1. The molecule has 32 heavy (non-hydrogen) atoms. The van der Waals surface area contributed by atoms with Crippen LogP contribution < -0.4 is 4.74 Å². The van der Waals surface area contributed by atoms with E-state index < -0.39 is 12.0 Å². The summed E-state index contributed by atoms with van der Waals surface area (Å²) in [5.74, 6) is -0.304. The van der Waals surface area contributed by atoms with Crippen LogP contribution in [0.5, 0.6) is 5.75 Å². The molecule has 0 saturated carbocycles. The molecule has 0 radical (unpaired) electrons. The fraction of sp³-hybridized carbons (Fsp3) is 0.261. The zero-order valence-electron chi connectivity index (χ0n) is 17.2. The lowest BCUT2D eigenvalue weighted by Crippen LogP contribution is -2.28. The maximum absolute atomic E-state index is 13.7. The molecule has 0 fully saturated rings. The van der Waals surface area contributed by atoms with Crippen LogP contribution in [0.2, 0.25) is 5.15 Å². The zero-order chi connectivity index (χ0) is 22.4. The van der Waals surface area contributed by atoms with Gasteiger partial charge >= 0.3 is 0 Å². The quantitative estimate of drug-likeness (QED) is 0.444. The number of ketones is 1. The molecule has 0 bridgehead atoms. The molecular formula is C23H20ClFN4O3. The molecule has 1 unspecified atom stereocenters. The number of nitrogens with zero attached hydrogens (tertiary/aromatic N) is 3. The van der Waals surface area contributed by atoms with Crippen LogP contribution in [0.3, 0.4) is 0 Å². The number of halogens is 2. The third-order valence-electron chi connectivity index (χ3n) is 5.66. The minimum atomic E-state index is -0.615. The maximum Gasteiger partial charge on any atom is 0.171 e. The molecule has 2 N–H and O–H groups in total. The number of aromatic nitrogens is 4. The Morgan fingerprint density at radius 2 is 2.28 bits per heavy atom. The SMILES string of the molecule is C[C@@H](O)Cn1cc(C(=O)C2COc3ccc(F)cc3C2)c2cnc(-c3c[nH]nc3Cl)cc21. The summed E-state index contributed by atoms with van der Waals surface area (Å²) in [6.45, 7) is 2.21. The smallest absolute Gasteiger partial charge is 0.171 e. The van der Waals surface area contributed by atoms with Crippen molar-refractivity contribution in [3.05, 3.63) is 65.0 Å². The van der Waals surface area contributed by atoms with Gasteiger partial charge in [0.1, 0.15) is 11.6 Å². The topological polar surface area (TPSA) is 93.0 Å². The zero-order valence-corrected chi connectivity index (χ0v) is 17.9.